The van der Waals surface area contributed by atoms with E-state index in [2.05, 4.69) is 170 Å². The van der Waals surface area contributed by atoms with E-state index < -0.39 is 0 Å². The van der Waals surface area contributed by atoms with Crippen LogP contribution in [0.2, 0.25) is 0 Å². The molecule has 0 fully saturated rings. The van der Waals surface area contributed by atoms with Crippen molar-refractivity contribution in [2.45, 2.75) is 0 Å². The van der Waals surface area contributed by atoms with Gasteiger partial charge in [0.1, 0.15) is 22.3 Å². The first-order valence-electron chi connectivity index (χ1n) is 18.5. The number of fused-ring (bicyclic) bond motifs is 11. The summed E-state index contributed by atoms with van der Waals surface area (Å²) in [6.45, 7) is 0. The van der Waals surface area contributed by atoms with Gasteiger partial charge in [0, 0.05) is 26.9 Å². The molecule has 0 aliphatic carbocycles. The second kappa shape index (κ2) is 11.2. The summed E-state index contributed by atoms with van der Waals surface area (Å²) in [5.41, 5.74) is 10.9. The average Bonchev–Trinajstić information content (AvgIpc) is 3.79. The third-order valence-electron chi connectivity index (χ3n) is 11.4. The molecule has 2 nitrogen and oxygen atoms in total. The molecular weight excluding hydrogens is 657 g/mol. The van der Waals surface area contributed by atoms with Gasteiger partial charge in [0.15, 0.2) is 0 Å². The van der Waals surface area contributed by atoms with Crippen molar-refractivity contribution in [3.63, 3.8) is 0 Å². The van der Waals surface area contributed by atoms with E-state index in [9.17, 15) is 0 Å². The van der Waals surface area contributed by atoms with Gasteiger partial charge in [-0.2, -0.15) is 0 Å². The molecule has 54 heavy (non-hydrogen) atoms. The highest BCUT2D eigenvalue weighted by molar-refractivity contribution is 6.23. The van der Waals surface area contributed by atoms with E-state index in [4.69, 9.17) is 8.83 Å². The summed E-state index contributed by atoms with van der Waals surface area (Å²) in [5, 5.41) is 14.1. The molecule has 250 valence electrons. The largest absolute Gasteiger partial charge is 0.456 e. The summed E-state index contributed by atoms with van der Waals surface area (Å²) in [6.07, 6.45) is 0. The molecule has 0 amide bonds. The molecule has 2 heteroatoms. The normalized spacial score (nSPS) is 12.1. The minimum atomic E-state index is 0.861. The van der Waals surface area contributed by atoms with Crippen molar-refractivity contribution in [1.29, 1.82) is 0 Å². The van der Waals surface area contributed by atoms with Crippen LogP contribution in [0.25, 0.3) is 120 Å². The highest BCUT2D eigenvalue weighted by atomic mass is 16.3. The Hall–Kier alpha value is -7.16. The first-order valence-corrected chi connectivity index (χ1v) is 18.5. The van der Waals surface area contributed by atoms with Gasteiger partial charge in [-0.25, -0.2) is 0 Å². The number of hydrogen-bond acceptors (Lipinski definition) is 2. The molecule has 12 aromatic rings. The Morgan fingerprint density at radius 1 is 0.241 bits per heavy atom. The predicted octanol–water partition coefficient (Wildman–Crippen LogP) is 15.1. The third kappa shape index (κ3) is 4.28. The molecule has 0 N–H and O–H groups in total. The Morgan fingerprint density at radius 2 is 0.778 bits per heavy atom. The summed E-state index contributed by atoms with van der Waals surface area (Å²) in [5.74, 6) is 0. The van der Waals surface area contributed by atoms with E-state index in [1.54, 1.807) is 0 Å². The number of hydrogen-bond donors (Lipinski definition) is 0. The molecule has 0 bridgehead atoms. The maximum absolute atomic E-state index is 6.55. The first-order chi connectivity index (χ1) is 26.7. The Bertz CT molecular complexity index is 3430. The fourth-order valence-electron chi connectivity index (χ4n) is 8.90. The van der Waals surface area contributed by atoms with Crippen LogP contribution < -0.4 is 0 Å². The molecule has 0 saturated carbocycles. The fourth-order valence-corrected chi connectivity index (χ4v) is 8.90. The number of rotatable bonds is 3. The standard InChI is InChI=1S/C52H30O2/c1-2-10-31(11-3-1)32-18-19-34-27-36(21-20-33(34)26-32)50-39-13-4-6-15-41(39)51(42-16-7-5-14-40(42)50)37-23-25-48-45(29-37)46-28-35-22-24-43-38-12-8-9-17-47(38)54-52(43)44(35)30-49(46)53-48/h1-30H. The van der Waals surface area contributed by atoms with Crippen LogP contribution in [-0.2, 0) is 0 Å². The number of furan rings is 2. The van der Waals surface area contributed by atoms with Gasteiger partial charge in [0.2, 0.25) is 0 Å². The summed E-state index contributed by atoms with van der Waals surface area (Å²) < 4.78 is 12.9. The Kier molecular flexibility index (Phi) is 6.09. The lowest BCUT2D eigenvalue weighted by molar-refractivity contribution is 0.667. The second-order valence-electron chi connectivity index (χ2n) is 14.4. The van der Waals surface area contributed by atoms with Crippen LogP contribution in [0.1, 0.15) is 0 Å². The zero-order valence-electron chi connectivity index (χ0n) is 29.1. The van der Waals surface area contributed by atoms with Crippen LogP contribution in [0, 0.1) is 0 Å². The van der Waals surface area contributed by atoms with E-state index in [1.165, 1.54) is 65.7 Å². The summed E-state index contributed by atoms with van der Waals surface area (Å²) in [4.78, 5) is 0. The van der Waals surface area contributed by atoms with Crippen LogP contribution in [0.3, 0.4) is 0 Å². The van der Waals surface area contributed by atoms with Gasteiger partial charge in [-0.05, 0) is 120 Å². The maximum atomic E-state index is 6.55. The molecule has 0 radical (unpaired) electrons. The van der Waals surface area contributed by atoms with Gasteiger partial charge in [0.25, 0.3) is 0 Å². The fraction of sp³-hybridized carbons (Fsp3) is 0. The maximum Gasteiger partial charge on any atom is 0.143 e. The molecule has 0 aliphatic rings. The lowest BCUT2D eigenvalue weighted by Gasteiger charge is -2.18. The zero-order valence-corrected chi connectivity index (χ0v) is 29.1. The van der Waals surface area contributed by atoms with Crippen LogP contribution in [0.5, 0.6) is 0 Å². The van der Waals surface area contributed by atoms with Crippen LogP contribution in [-0.4, -0.2) is 0 Å². The molecule has 10 aromatic carbocycles. The summed E-state index contributed by atoms with van der Waals surface area (Å²) in [6, 6.07) is 65.8. The van der Waals surface area contributed by atoms with E-state index in [0.29, 0.717) is 0 Å². The predicted molar refractivity (Wildman–Crippen MR) is 227 cm³/mol. The molecule has 0 spiro atoms. The molecular formula is C52H30O2. The minimum Gasteiger partial charge on any atom is -0.456 e. The van der Waals surface area contributed by atoms with Crippen molar-refractivity contribution >= 4 is 87.0 Å². The summed E-state index contributed by atoms with van der Waals surface area (Å²) in [7, 11) is 0. The molecule has 2 aromatic heterocycles. The van der Waals surface area contributed by atoms with Crippen molar-refractivity contribution < 1.29 is 8.83 Å². The van der Waals surface area contributed by atoms with Crippen molar-refractivity contribution in [2.75, 3.05) is 0 Å². The molecule has 0 atom stereocenters. The molecule has 2 heterocycles. The summed E-state index contributed by atoms with van der Waals surface area (Å²) >= 11 is 0. The average molecular weight is 687 g/mol. The number of para-hydroxylation sites is 1. The van der Waals surface area contributed by atoms with Crippen LogP contribution in [0.4, 0.5) is 0 Å². The highest BCUT2D eigenvalue weighted by Gasteiger charge is 2.19. The first kappa shape index (κ1) is 29.4. The lowest BCUT2D eigenvalue weighted by Crippen LogP contribution is -1.91. The van der Waals surface area contributed by atoms with Crippen molar-refractivity contribution in [1.82, 2.24) is 0 Å². The van der Waals surface area contributed by atoms with Crippen LogP contribution >= 0.6 is 0 Å². The van der Waals surface area contributed by atoms with E-state index in [1.807, 2.05) is 12.1 Å². The topological polar surface area (TPSA) is 26.3 Å². The Labute approximate surface area is 310 Å². The Balaban J connectivity index is 1.05. The van der Waals surface area contributed by atoms with Crippen molar-refractivity contribution in [2.24, 2.45) is 0 Å². The quantitative estimate of drug-likeness (QED) is 0.173. The zero-order chi connectivity index (χ0) is 35.3. The smallest absolute Gasteiger partial charge is 0.143 e. The van der Waals surface area contributed by atoms with Gasteiger partial charge in [0.05, 0.1) is 0 Å². The molecule has 0 saturated heterocycles. The van der Waals surface area contributed by atoms with Gasteiger partial charge in [-0.1, -0.05) is 133 Å². The molecule has 12 rings (SSSR count). The van der Waals surface area contributed by atoms with Gasteiger partial charge >= 0.3 is 0 Å². The number of benzene rings is 10. The lowest BCUT2D eigenvalue weighted by atomic mass is 9.85. The SMILES string of the molecule is c1ccc(-c2ccc3cc(-c4c5ccccc5c(-c5ccc6oc7cc8c(ccc9c%10ccccc%10oc89)cc7c6c5)c5ccccc45)ccc3c2)cc1. The van der Waals surface area contributed by atoms with E-state index >= 15 is 0 Å². The van der Waals surface area contributed by atoms with E-state index in [-0.39, 0.29) is 0 Å². The van der Waals surface area contributed by atoms with Gasteiger partial charge < -0.3 is 8.83 Å². The van der Waals surface area contributed by atoms with Crippen molar-refractivity contribution in [3.05, 3.63) is 182 Å². The van der Waals surface area contributed by atoms with Gasteiger partial charge in [-0.3, -0.25) is 0 Å². The highest BCUT2D eigenvalue weighted by Crippen LogP contribution is 2.46. The second-order valence-corrected chi connectivity index (χ2v) is 14.4. The Morgan fingerprint density at radius 3 is 1.50 bits per heavy atom. The van der Waals surface area contributed by atoms with Crippen LogP contribution in [0.15, 0.2) is 191 Å². The third-order valence-corrected chi connectivity index (χ3v) is 11.4. The minimum absolute atomic E-state index is 0.861. The van der Waals surface area contributed by atoms with E-state index in [0.717, 1.165) is 54.6 Å². The molecule has 0 aliphatic heterocycles. The van der Waals surface area contributed by atoms with Crippen molar-refractivity contribution in [3.8, 4) is 33.4 Å². The monoisotopic (exact) mass is 686 g/mol. The van der Waals surface area contributed by atoms with Gasteiger partial charge in [-0.15, -0.1) is 0 Å². The molecule has 0 unspecified atom stereocenters.